The minimum Gasteiger partial charge on any atom is -0.464 e. The van der Waals surface area contributed by atoms with E-state index in [1.165, 1.54) is 4.90 Å². The van der Waals surface area contributed by atoms with Gasteiger partial charge in [0, 0.05) is 0 Å². The molecule has 1 aliphatic rings. The lowest BCUT2D eigenvalue weighted by atomic mass is 9.93. The van der Waals surface area contributed by atoms with Crippen LogP contribution in [-0.4, -0.2) is 30.3 Å². The molecular formula is C10H20N2O2. The Morgan fingerprint density at radius 2 is 2.00 bits per heavy atom. The van der Waals surface area contributed by atoms with Crippen molar-refractivity contribution in [2.75, 3.05) is 13.1 Å². The second kappa shape index (κ2) is 3.42. The predicted molar refractivity (Wildman–Crippen MR) is 53.8 cm³/mol. The molecule has 14 heavy (non-hydrogen) atoms. The summed E-state index contributed by atoms with van der Waals surface area (Å²) >= 11 is 0. The number of carbonyl (C=O) groups excluding carboxylic acids is 1. The second-order valence-corrected chi connectivity index (χ2v) is 5.29. The Balaban J connectivity index is 2.35. The lowest BCUT2D eigenvalue weighted by Crippen LogP contribution is -3.20. The molecule has 0 aliphatic carbocycles. The molecule has 0 aromatic heterocycles. The third-order valence-corrected chi connectivity index (χ3v) is 2.08. The molecular weight excluding hydrogens is 180 g/mol. The molecule has 2 N–H and O–H groups in total. The van der Waals surface area contributed by atoms with Gasteiger partial charge in [0.25, 0.3) is 0 Å². The van der Waals surface area contributed by atoms with Crippen molar-refractivity contribution in [1.29, 1.82) is 0 Å². The zero-order valence-electron chi connectivity index (χ0n) is 9.44. The smallest absolute Gasteiger partial charge is 0.408 e. The summed E-state index contributed by atoms with van der Waals surface area (Å²) < 4.78 is 5.16. The Kier molecular flexibility index (Phi) is 2.76. The topological polar surface area (TPSA) is 42.8 Å². The zero-order valence-corrected chi connectivity index (χ0v) is 9.44. The van der Waals surface area contributed by atoms with Gasteiger partial charge in [-0.25, -0.2) is 4.79 Å². The van der Waals surface area contributed by atoms with E-state index in [-0.39, 0.29) is 11.6 Å². The van der Waals surface area contributed by atoms with E-state index in [0.29, 0.717) is 0 Å². The van der Waals surface area contributed by atoms with Crippen LogP contribution in [0.4, 0.5) is 4.79 Å². The number of carbonyl (C=O) groups is 1. The van der Waals surface area contributed by atoms with Crippen molar-refractivity contribution in [1.82, 2.24) is 5.32 Å². The molecule has 1 saturated heterocycles. The molecule has 0 spiro atoms. The van der Waals surface area contributed by atoms with E-state index in [0.717, 1.165) is 13.1 Å². The third kappa shape index (κ3) is 3.18. The van der Waals surface area contributed by atoms with Crippen LogP contribution in [0.1, 0.15) is 27.7 Å². The normalized spacial score (nSPS) is 31.9. The highest BCUT2D eigenvalue weighted by atomic mass is 16.6. The van der Waals surface area contributed by atoms with E-state index in [4.69, 9.17) is 4.74 Å². The van der Waals surface area contributed by atoms with Gasteiger partial charge in [0.05, 0.1) is 13.1 Å². The summed E-state index contributed by atoms with van der Waals surface area (Å²) in [5.74, 6) is 0. The van der Waals surface area contributed by atoms with Crippen molar-refractivity contribution in [2.24, 2.45) is 0 Å². The number of likely N-dealkylation sites (tertiary alicyclic amines) is 1. The van der Waals surface area contributed by atoms with E-state index in [9.17, 15) is 4.79 Å². The monoisotopic (exact) mass is 200 g/mol. The van der Waals surface area contributed by atoms with Crippen LogP contribution in [0.2, 0.25) is 0 Å². The number of hydrogen-bond acceptors (Lipinski definition) is 2. The molecule has 4 heteroatoms. The van der Waals surface area contributed by atoms with Crippen LogP contribution in [0.3, 0.4) is 0 Å². The fraction of sp³-hybridized carbons (Fsp3) is 0.800. The number of rotatable bonds is 1. The molecule has 1 rings (SSSR count). The van der Waals surface area contributed by atoms with E-state index < -0.39 is 5.60 Å². The molecule has 1 amide bonds. The first-order chi connectivity index (χ1) is 6.20. The van der Waals surface area contributed by atoms with Gasteiger partial charge in [-0.05, 0) is 27.7 Å². The molecule has 0 aromatic carbocycles. The Morgan fingerprint density at radius 3 is 2.36 bits per heavy atom. The lowest BCUT2D eigenvalue weighted by molar-refractivity contribution is -0.908. The molecule has 1 heterocycles. The average molecular weight is 200 g/mol. The second-order valence-electron chi connectivity index (χ2n) is 5.29. The SMILES string of the molecule is [CH2-][NH+]1CC(C)(NC(=O)OC(C)(C)C)C1. The van der Waals surface area contributed by atoms with Gasteiger partial charge in [-0.1, -0.05) is 0 Å². The Bertz CT molecular complexity index is 227. The van der Waals surface area contributed by atoms with Gasteiger partial charge < -0.3 is 15.0 Å². The first-order valence-corrected chi connectivity index (χ1v) is 4.88. The van der Waals surface area contributed by atoms with Crippen molar-refractivity contribution >= 4 is 6.09 Å². The third-order valence-electron chi connectivity index (χ3n) is 2.08. The van der Waals surface area contributed by atoms with Crippen molar-refractivity contribution in [2.45, 2.75) is 38.8 Å². The highest BCUT2D eigenvalue weighted by molar-refractivity contribution is 5.68. The van der Waals surface area contributed by atoms with Crippen LogP contribution in [0, 0.1) is 7.05 Å². The highest BCUT2D eigenvalue weighted by Crippen LogP contribution is 2.10. The number of nitrogens with one attached hydrogen (secondary N) is 2. The van der Waals surface area contributed by atoms with Crippen LogP contribution in [0.15, 0.2) is 0 Å². The van der Waals surface area contributed by atoms with E-state index in [2.05, 4.69) is 12.4 Å². The molecule has 0 atom stereocenters. The van der Waals surface area contributed by atoms with Gasteiger partial charge in [0.1, 0.15) is 11.1 Å². The van der Waals surface area contributed by atoms with Crippen molar-refractivity contribution in [3.8, 4) is 0 Å². The molecule has 0 unspecified atom stereocenters. The summed E-state index contributed by atoms with van der Waals surface area (Å²) in [4.78, 5) is 12.6. The minimum atomic E-state index is -0.429. The molecule has 0 bridgehead atoms. The molecule has 1 aliphatic heterocycles. The number of quaternary nitrogens is 1. The summed E-state index contributed by atoms with van der Waals surface area (Å²) in [6.07, 6.45) is -0.340. The van der Waals surface area contributed by atoms with Crippen LogP contribution < -0.4 is 10.2 Å². The summed E-state index contributed by atoms with van der Waals surface area (Å²) in [5, 5.41) is 2.86. The Morgan fingerprint density at radius 1 is 1.50 bits per heavy atom. The predicted octanol–water partition coefficient (Wildman–Crippen LogP) is -0.0401. The van der Waals surface area contributed by atoms with Crippen molar-refractivity contribution in [3.63, 3.8) is 0 Å². The van der Waals surface area contributed by atoms with Gasteiger partial charge in [-0.3, -0.25) is 0 Å². The maximum atomic E-state index is 11.4. The van der Waals surface area contributed by atoms with Crippen molar-refractivity contribution in [3.05, 3.63) is 7.05 Å². The van der Waals surface area contributed by atoms with Gasteiger partial charge in [0.2, 0.25) is 0 Å². The maximum absolute atomic E-state index is 11.4. The number of ether oxygens (including phenoxy) is 1. The van der Waals surface area contributed by atoms with Crippen LogP contribution >= 0.6 is 0 Å². The average Bonchev–Trinajstić information content (AvgIpc) is 1.76. The molecule has 4 nitrogen and oxygen atoms in total. The number of hydrogen-bond donors (Lipinski definition) is 2. The summed E-state index contributed by atoms with van der Waals surface area (Å²) in [5.41, 5.74) is -0.569. The van der Waals surface area contributed by atoms with Gasteiger partial charge in [0.15, 0.2) is 0 Å². The molecule has 0 radical (unpaired) electrons. The number of amides is 1. The summed E-state index contributed by atoms with van der Waals surface area (Å²) in [6.45, 7) is 9.28. The molecule has 82 valence electrons. The van der Waals surface area contributed by atoms with Gasteiger partial charge >= 0.3 is 6.09 Å². The summed E-state index contributed by atoms with van der Waals surface area (Å²) in [7, 11) is 3.85. The standard InChI is InChI=1S/C10H20N2O2/c1-9(2,3)14-8(13)11-10(4)6-12(5)7-10/h12H,5-7H2,1-4H3,(H,11,13). The van der Waals surface area contributed by atoms with E-state index in [1.54, 1.807) is 0 Å². The zero-order chi connectivity index (χ0) is 11.0. The molecule has 1 fully saturated rings. The fourth-order valence-corrected chi connectivity index (χ4v) is 1.69. The van der Waals surface area contributed by atoms with Crippen LogP contribution in [-0.2, 0) is 4.74 Å². The van der Waals surface area contributed by atoms with Crippen molar-refractivity contribution < 1.29 is 14.4 Å². The number of alkyl carbamates (subject to hydrolysis) is 1. The van der Waals surface area contributed by atoms with Crippen LogP contribution in [0.5, 0.6) is 0 Å². The fourth-order valence-electron chi connectivity index (χ4n) is 1.69. The van der Waals surface area contributed by atoms with Crippen LogP contribution in [0.25, 0.3) is 0 Å². The largest absolute Gasteiger partial charge is 0.464 e. The highest BCUT2D eigenvalue weighted by Gasteiger charge is 2.40. The lowest BCUT2D eigenvalue weighted by Gasteiger charge is -2.46. The maximum Gasteiger partial charge on any atom is 0.408 e. The quantitative estimate of drug-likeness (QED) is 0.583. The van der Waals surface area contributed by atoms with Gasteiger partial charge in [-0.15, -0.1) is 0 Å². The Labute approximate surface area is 85.6 Å². The summed E-state index contributed by atoms with van der Waals surface area (Å²) in [6, 6.07) is 0. The first-order valence-electron chi connectivity index (χ1n) is 4.88. The Hall–Kier alpha value is -0.770. The molecule has 0 saturated carbocycles. The van der Waals surface area contributed by atoms with E-state index in [1.807, 2.05) is 27.7 Å². The minimum absolute atomic E-state index is 0.139. The van der Waals surface area contributed by atoms with Gasteiger partial charge in [-0.2, -0.15) is 7.05 Å². The van der Waals surface area contributed by atoms with E-state index >= 15 is 0 Å². The molecule has 0 aromatic rings. The first kappa shape index (κ1) is 11.3.